The van der Waals surface area contributed by atoms with Crippen molar-refractivity contribution in [3.8, 4) is 6.19 Å². The van der Waals surface area contributed by atoms with Crippen molar-refractivity contribution < 1.29 is 0 Å². The average molecular weight is 468 g/mol. The smallest absolute Gasteiger partial charge is 0.179 e. The third-order valence-electron chi connectivity index (χ3n) is 9.41. The van der Waals surface area contributed by atoms with Gasteiger partial charge in [0.2, 0.25) is 0 Å². The number of likely N-dealkylation sites (tertiary alicyclic amines) is 1. The first-order valence-electron chi connectivity index (χ1n) is 13.5. The van der Waals surface area contributed by atoms with E-state index in [-0.39, 0.29) is 5.41 Å². The second-order valence-electron chi connectivity index (χ2n) is 11.3. The summed E-state index contributed by atoms with van der Waals surface area (Å²) in [6.45, 7) is 6.44. The van der Waals surface area contributed by atoms with Crippen LogP contribution < -0.4 is 0 Å². The molecule has 0 spiro atoms. The van der Waals surface area contributed by atoms with Crippen LogP contribution in [0.15, 0.2) is 54.6 Å². The fourth-order valence-corrected chi connectivity index (χ4v) is 7.70. The Labute approximate surface area is 209 Å². The van der Waals surface area contributed by atoms with Gasteiger partial charge in [-0.3, -0.25) is 4.90 Å². The highest BCUT2D eigenvalue weighted by Crippen LogP contribution is 2.45. The minimum atomic E-state index is 0.168. The maximum Gasteiger partial charge on any atom is 0.179 e. The van der Waals surface area contributed by atoms with Gasteiger partial charge in [-0.15, -0.1) is 0 Å². The Hall–Kier alpha value is -2.84. The number of para-hydroxylation sites is 2. The molecule has 4 heterocycles. The molecule has 0 N–H and O–H groups in total. The van der Waals surface area contributed by atoms with E-state index in [1.807, 2.05) is 4.90 Å². The standard InChI is InChI=1S/C30H37N5/c1-22-20-30(14-16-33(22)21-31,24-8-4-3-5-9-24)15-17-34-25-12-13-26(34)19-27(18-25)35-23(2)32-28-10-6-7-11-29(28)35/h3-11,22,25-27H,12-20H2,1-2H3. The zero-order valence-corrected chi connectivity index (χ0v) is 21.1. The summed E-state index contributed by atoms with van der Waals surface area (Å²) in [5.41, 5.74) is 4.06. The molecule has 4 unspecified atom stereocenters. The van der Waals surface area contributed by atoms with Gasteiger partial charge < -0.3 is 9.47 Å². The quantitative estimate of drug-likeness (QED) is 0.445. The summed E-state index contributed by atoms with van der Waals surface area (Å²) in [6.07, 6.45) is 10.9. The molecule has 182 valence electrons. The molecule has 35 heavy (non-hydrogen) atoms. The minimum absolute atomic E-state index is 0.168. The van der Waals surface area contributed by atoms with Crippen molar-refractivity contribution in [2.45, 2.75) is 88.4 Å². The first kappa shape index (κ1) is 22.6. The lowest BCUT2D eigenvalue weighted by Crippen LogP contribution is -2.49. The number of imidazole rings is 1. The zero-order chi connectivity index (χ0) is 24.0. The van der Waals surface area contributed by atoms with Crippen LogP contribution in [0.2, 0.25) is 0 Å². The van der Waals surface area contributed by atoms with Gasteiger partial charge in [0.05, 0.1) is 11.0 Å². The van der Waals surface area contributed by atoms with E-state index in [4.69, 9.17) is 4.98 Å². The van der Waals surface area contributed by atoms with Crippen molar-refractivity contribution in [3.63, 3.8) is 0 Å². The normalized spacial score (nSPS) is 31.1. The number of rotatable bonds is 5. The highest BCUT2D eigenvalue weighted by Gasteiger charge is 2.44. The van der Waals surface area contributed by atoms with E-state index in [9.17, 15) is 5.26 Å². The van der Waals surface area contributed by atoms with Crippen LogP contribution in [-0.4, -0.2) is 50.6 Å². The maximum absolute atomic E-state index is 9.56. The van der Waals surface area contributed by atoms with E-state index in [1.165, 1.54) is 49.7 Å². The van der Waals surface area contributed by atoms with Gasteiger partial charge in [-0.25, -0.2) is 4.98 Å². The summed E-state index contributed by atoms with van der Waals surface area (Å²) in [5, 5.41) is 9.56. The second-order valence-corrected chi connectivity index (χ2v) is 11.3. The molecule has 6 rings (SSSR count). The van der Waals surface area contributed by atoms with Crippen LogP contribution in [0.3, 0.4) is 0 Å². The molecule has 3 aliphatic heterocycles. The number of aromatic nitrogens is 2. The van der Waals surface area contributed by atoms with Gasteiger partial charge >= 0.3 is 0 Å². The first-order chi connectivity index (χ1) is 17.1. The van der Waals surface area contributed by atoms with Crippen molar-refractivity contribution in [2.24, 2.45) is 0 Å². The molecule has 0 aliphatic carbocycles. The number of nitriles is 1. The van der Waals surface area contributed by atoms with E-state index in [2.05, 4.69) is 84.1 Å². The Morgan fingerprint density at radius 2 is 1.71 bits per heavy atom. The monoisotopic (exact) mass is 467 g/mol. The summed E-state index contributed by atoms with van der Waals surface area (Å²) in [7, 11) is 0. The Morgan fingerprint density at radius 3 is 2.43 bits per heavy atom. The van der Waals surface area contributed by atoms with Crippen LogP contribution in [0.25, 0.3) is 11.0 Å². The lowest BCUT2D eigenvalue weighted by atomic mass is 9.68. The molecule has 2 aromatic carbocycles. The van der Waals surface area contributed by atoms with Gasteiger partial charge in [-0.2, -0.15) is 5.26 Å². The van der Waals surface area contributed by atoms with Gasteiger partial charge in [0, 0.05) is 36.1 Å². The van der Waals surface area contributed by atoms with E-state index < -0.39 is 0 Å². The van der Waals surface area contributed by atoms with Gasteiger partial charge in [0.15, 0.2) is 6.19 Å². The minimum Gasteiger partial charge on any atom is -0.325 e. The Balaban J connectivity index is 1.21. The van der Waals surface area contributed by atoms with Gasteiger partial charge in [0.25, 0.3) is 0 Å². The average Bonchev–Trinajstić information content (AvgIpc) is 3.34. The molecular formula is C30H37N5. The number of aryl methyl sites for hydroxylation is 1. The molecule has 3 fully saturated rings. The predicted octanol–water partition coefficient (Wildman–Crippen LogP) is 5.81. The second kappa shape index (κ2) is 8.99. The molecule has 1 aromatic heterocycles. The topological polar surface area (TPSA) is 48.1 Å². The SMILES string of the molecule is Cc1nc2ccccc2n1C1CC2CCC(C1)N2CCC1(c2ccccc2)CCN(C#N)C(C)C1. The molecule has 5 nitrogen and oxygen atoms in total. The van der Waals surface area contributed by atoms with Crippen LogP contribution in [0.1, 0.15) is 69.3 Å². The molecule has 0 radical (unpaired) electrons. The number of hydrogen-bond donors (Lipinski definition) is 0. The Kier molecular flexibility index (Phi) is 5.81. The molecule has 3 aromatic rings. The summed E-state index contributed by atoms with van der Waals surface area (Å²) in [5.74, 6) is 1.16. The maximum atomic E-state index is 9.56. The van der Waals surface area contributed by atoms with Crippen molar-refractivity contribution in [2.75, 3.05) is 13.1 Å². The van der Waals surface area contributed by atoms with Gasteiger partial charge in [0.1, 0.15) is 5.82 Å². The van der Waals surface area contributed by atoms with Crippen LogP contribution in [0.4, 0.5) is 0 Å². The highest BCUT2D eigenvalue weighted by atomic mass is 15.2. The summed E-state index contributed by atoms with van der Waals surface area (Å²) >= 11 is 0. The Bertz CT molecular complexity index is 1210. The molecule has 3 aliphatic rings. The molecule has 5 heteroatoms. The van der Waals surface area contributed by atoms with E-state index in [0.29, 0.717) is 24.2 Å². The van der Waals surface area contributed by atoms with Crippen molar-refractivity contribution >= 4 is 11.0 Å². The van der Waals surface area contributed by atoms with Crippen LogP contribution in [-0.2, 0) is 5.41 Å². The molecule has 4 atom stereocenters. The molecule has 0 amide bonds. The zero-order valence-electron chi connectivity index (χ0n) is 21.1. The van der Waals surface area contributed by atoms with Crippen molar-refractivity contribution in [1.29, 1.82) is 5.26 Å². The van der Waals surface area contributed by atoms with E-state index >= 15 is 0 Å². The molecular weight excluding hydrogens is 430 g/mol. The van der Waals surface area contributed by atoms with Crippen LogP contribution >= 0.6 is 0 Å². The fourth-order valence-electron chi connectivity index (χ4n) is 7.70. The number of hydrogen-bond acceptors (Lipinski definition) is 4. The summed E-state index contributed by atoms with van der Waals surface area (Å²) in [4.78, 5) is 9.70. The lowest BCUT2D eigenvalue weighted by molar-refractivity contribution is 0.0801. The van der Waals surface area contributed by atoms with Gasteiger partial charge in [-0.1, -0.05) is 42.5 Å². The molecule has 3 saturated heterocycles. The number of piperidine rings is 2. The van der Waals surface area contributed by atoms with Crippen molar-refractivity contribution in [1.82, 2.24) is 19.4 Å². The third-order valence-corrected chi connectivity index (χ3v) is 9.41. The molecule has 2 bridgehead atoms. The number of benzene rings is 2. The predicted molar refractivity (Wildman–Crippen MR) is 140 cm³/mol. The Morgan fingerprint density at radius 1 is 1.00 bits per heavy atom. The summed E-state index contributed by atoms with van der Waals surface area (Å²) in [6, 6.07) is 22.0. The third kappa shape index (κ3) is 3.93. The fraction of sp³-hybridized carbons (Fsp3) is 0.533. The largest absolute Gasteiger partial charge is 0.325 e. The highest BCUT2D eigenvalue weighted by molar-refractivity contribution is 5.76. The van der Waals surface area contributed by atoms with Gasteiger partial charge in [-0.05, 0) is 83.0 Å². The van der Waals surface area contributed by atoms with Crippen LogP contribution in [0, 0.1) is 18.4 Å². The van der Waals surface area contributed by atoms with E-state index in [1.54, 1.807) is 0 Å². The summed E-state index contributed by atoms with van der Waals surface area (Å²) < 4.78 is 2.53. The number of nitrogens with zero attached hydrogens (tertiary/aromatic N) is 5. The first-order valence-corrected chi connectivity index (χ1v) is 13.5. The van der Waals surface area contributed by atoms with E-state index in [0.717, 1.165) is 30.7 Å². The van der Waals surface area contributed by atoms with Crippen molar-refractivity contribution in [3.05, 3.63) is 66.0 Å². The van der Waals surface area contributed by atoms with Crippen LogP contribution in [0.5, 0.6) is 0 Å². The number of fused-ring (bicyclic) bond motifs is 3. The molecule has 0 saturated carbocycles. The lowest BCUT2D eigenvalue weighted by Gasteiger charge is -2.47.